The molecule has 136 valence electrons. The first-order chi connectivity index (χ1) is 12.6. The fraction of sp³-hybridized carbons (Fsp3) is 0.273. The number of benzene rings is 3. The summed E-state index contributed by atoms with van der Waals surface area (Å²) in [5.74, 6) is 1.40. The molecule has 0 fully saturated rings. The van der Waals surface area contributed by atoms with E-state index in [0.29, 0.717) is 23.9 Å². The molecule has 3 aromatic carbocycles. The molecule has 3 aromatic rings. The topological polar surface area (TPSA) is 30.5 Å². The summed E-state index contributed by atoms with van der Waals surface area (Å²) >= 11 is 6.49. The molecule has 0 aliphatic rings. The van der Waals surface area contributed by atoms with Crippen molar-refractivity contribution in [1.29, 1.82) is 0 Å². The molecule has 0 heterocycles. The van der Waals surface area contributed by atoms with Crippen LogP contribution in [0.25, 0.3) is 10.8 Å². The first-order valence-electron chi connectivity index (χ1n) is 8.92. The number of hydrogen-bond donors (Lipinski definition) is 1. The average molecular weight is 370 g/mol. The Morgan fingerprint density at radius 2 is 1.77 bits per heavy atom. The van der Waals surface area contributed by atoms with Crippen LogP contribution in [-0.4, -0.2) is 12.7 Å². The molecule has 3 nitrogen and oxygen atoms in total. The molecular formula is C22H24ClNO2. The van der Waals surface area contributed by atoms with Crippen LogP contribution >= 0.6 is 11.6 Å². The van der Waals surface area contributed by atoms with Crippen LogP contribution in [0, 0.1) is 0 Å². The minimum Gasteiger partial charge on any atom is -0.490 e. The monoisotopic (exact) mass is 369 g/mol. The lowest BCUT2D eigenvalue weighted by Crippen LogP contribution is -2.08. The number of nitrogens with one attached hydrogen (secondary N) is 1. The van der Waals surface area contributed by atoms with Gasteiger partial charge in [0.15, 0.2) is 11.5 Å². The third-order valence-electron chi connectivity index (χ3n) is 4.03. The van der Waals surface area contributed by atoms with Crippen molar-refractivity contribution in [2.24, 2.45) is 0 Å². The zero-order valence-electron chi connectivity index (χ0n) is 15.4. The summed E-state index contributed by atoms with van der Waals surface area (Å²) in [6, 6.07) is 18.4. The second-order valence-corrected chi connectivity index (χ2v) is 6.78. The Bertz CT molecular complexity index is 887. The molecule has 0 aliphatic heterocycles. The van der Waals surface area contributed by atoms with Crippen LogP contribution in [0.3, 0.4) is 0 Å². The summed E-state index contributed by atoms with van der Waals surface area (Å²) in [4.78, 5) is 0. The van der Waals surface area contributed by atoms with Crippen molar-refractivity contribution in [3.05, 3.63) is 65.2 Å². The Kier molecular flexibility index (Phi) is 5.89. The van der Waals surface area contributed by atoms with Crippen LogP contribution in [0.5, 0.6) is 11.5 Å². The van der Waals surface area contributed by atoms with E-state index in [9.17, 15) is 0 Å². The molecule has 0 amide bonds. The molecule has 0 bridgehead atoms. The molecule has 0 aliphatic carbocycles. The van der Waals surface area contributed by atoms with Crippen LogP contribution in [0.2, 0.25) is 5.02 Å². The van der Waals surface area contributed by atoms with Crippen molar-refractivity contribution in [1.82, 2.24) is 0 Å². The zero-order chi connectivity index (χ0) is 18.5. The van der Waals surface area contributed by atoms with Gasteiger partial charge in [0.1, 0.15) is 0 Å². The van der Waals surface area contributed by atoms with Gasteiger partial charge in [0.05, 0.1) is 12.7 Å². The predicted octanol–water partition coefficient (Wildman–Crippen LogP) is 6.29. The van der Waals surface area contributed by atoms with Crippen molar-refractivity contribution in [2.75, 3.05) is 11.9 Å². The first-order valence-corrected chi connectivity index (χ1v) is 9.29. The van der Waals surface area contributed by atoms with Crippen molar-refractivity contribution in [3.8, 4) is 11.5 Å². The Labute approximate surface area is 159 Å². The summed E-state index contributed by atoms with van der Waals surface area (Å²) in [5.41, 5.74) is 2.05. The van der Waals surface area contributed by atoms with E-state index < -0.39 is 0 Å². The largest absolute Gasteiger partial charge is 0.490 e. The second-order valence-electron chi connectivity index (χ2n) is 6.37. The molecule has 0 saturated carbocycles. The van der Waals surface area contributed by atoms with Crippen LogP contribution in [0.4, 0.5) is 5.69 Å². The lowest BCUT2D eigenvalue weighted by molar-refractivity contribution is 0.224. The fourth-order valence-electron chi connectivity index (χ4n) is 2.90. The molecule has 0 saturated heterocycles. The minimum absolute atomic E-state index is 0.0601. The highest BCUT2D eigenvalue weighted by Gasteiger charge is 2.13. The standard InChI is InChI=1S/C22H24ClNO2/c1-4-25-21-12-17(19(23)13-22(21)26-15(2)3)14-24-20-11-7-9-16-8-5-6-10-18(16)20/h5-13,15,24H,4,14H2,1-3H3. The first kappa shape index (κ1) is 18.4. The molecule has 0 spiro atoms. The van der Waals surface area contributed by atoms with Gasteiger partial charge in [-0.15, -0.1) is 0 Å². The Hall–Kier alpha value is -2.39. The van der Waals surface area contributed by atoms with Gasteiger partial charge in [-0.25, -0.2) is 0 Å². The minimum atomic E-state index is 0.0601. The molecule has 0 radical (unpaired) electrons. The lowest BCUT2D eigenvalue weighted by atomic mass is 10.1. The summed E-state index contributed by atoms with van der Waals surface area (Å²) in [6.45, 7) is 7.11. The van der Waals surface area contributed by atoms with Crippen LogP contribution in [0.1, 0.15) is 26.3 Å². The maximum Gasteiger partial charge on any atom is 0.163 e. The predicted molar refractivity (Wildman–Crippen MR) is 110 cm³/mol. The van der Waals surface area contributed by atoms with E-state index in [1.807, 2.05) is 45.0 Å². The fourth-order valence-corrected chi connectivity index (χ4v) is 3.12. The van der Waals surface area contributed by atoms with Gasteiger partial charge in [0.25, 0.3) is 0 Å². The summed E-state index contributed by atoms with van der Waals surface area (Å²) < 4.78 is 11.6. The maximum atomic E-state index is 6.49. The number of ether oxygens (including phenoxy) is 2. The number of anilines is 1. The number of halogens is 1. The summed E-state index contributed by atoms with van der Waals surface area (Å²) in [7, 11) is 0. The van der Waals surface area contributed by atoms with E-state index in [-0.39, 0.29) is 6.10 Å². The van der Waals surface area contributed by atoms with Crippen LogP contribution in [0.15, 0.2) is 54.6 Å². The van der Waals surface area contributed by atoms with Gasteiger partial charge in [-0.2, -0.15) is 0 Å². The van der Waals surface area contributed by atoms with Crippen LogP contribution < -0.4 is 14.8 Å². The Balaban J connectivity index is 1.86. The third-order valence-corrected chi connectivity index (χ3v) is 4.39. The molecule has 4 heteroatoms. The Morgan fingerprint density at radius 3 is 2.54 bits per heavy atom. The van der Waals surface area contributed by atoms with Crippen molar-refractivity contribution < 1.29 is 9.47 Å². The van der Waals surface area contributed by atoms with Crippen molar-refractivity contribution in [3.63, 3.8) is 0 Å². The average Bonchev–Trinajstić information content (AvgIpc) is 2.62. The SMILES string of the molecule is CCOc1cc(CNc2cccc3ccccc23)c(Cl)cc1OC(C)C. The summed E-state index contributed by atoms with van der Waals surface area (Å²) in [6.07, 6.45) is 0.0601. The van der Waals surface area contributed by atoms with E-state index in [4.69, 9.17) is 21.1 Å². The quantitative estimate of drug-likeness (QED) is 0.530. The van der Waals surface area contributed by atoms with Crippen molar-refractivity contribution >= 4 is 28.1 Å². The molecule has 0 atom stereocenters. The molecular weight excluding hydrogens is 346 g/mol. The highest BCUT2D eigenvalue weighted by molar-refractivity contribution is 6.31. The molecule has 3 rings (SSSR count). The summed E-state index contributed by atoms with van der Waals surface area (Å²) in [5, 5.41) is 6.56. The van der Waals surface area contributed by atoms with Gasteiger partial charge >= 0.3 is 0 Å². The number of rotatable bonds is 7. The zero-order valence-corrected chi connectivity index (χ0v) is 16.1. The van der Waals surface area contributed by atoms with Crippen LogP contribution in [-0.2, 0) is 6.54 Å². The number of fused-ring (bicyclic) bond motifs is 1. The molecule has 1 N–H and O–H groups in total. The smallest absolute Gasteiger partial charge is 0.163 e. The van der Waals surface area contributed by atoms with E-state index in [1.54, 1.807) is 0 Å². The number of hydrogen-bond acceptors (Lipinski definition) is 3. The van der Waals surface area contributed by atoms with E-state index in [1.165, 1.54) is 10.8 Å². The van der Waals surface area contributed by atoms with Gasteiger partial charge in [0.2, 0.25) is 0 Å². The van der Waals surface area contributed by atoms with Gasteiger partial charge in [-0.3, -0.25) is 0 Å². The lowest BCUT2D eigenvalue weighted by Gasteiger charge is -2.17. The highest BCUT2D eigenvalue weighted by atomic mass is 35.5. The van der Waals surface area contributed by atoms with E-state index in [0.717, 1.165) is 17.0 Å². The van der Waals surface area contributed by atoms with Gasteiger partial charge < -0.3 is 14.8 Å². The van der Waals surface area contributed by atoms with Gasteiger partial charge in [-0.1, -0.05) is 48.0 Å². The molecule has 0 unspecified atom stereocenters. The third kappa shape index (κ3) is 4.23. The van der Waals surface area contributed by atoms with Gasteiger partial charge in [0, 0.05) is 28.7 Å². The maximum absolute atomic E-state index is 6.49. The van der Waals surface area contributed by atoms with E-state index >= 15 is 0 Å². The Morgan fingerprint density at radius 1 is 1.00 bits per heavy atom. The molecule has 26 heavy (non-hydrogen) atoms. The van der Waals surface area contributed by atoms with Crippen molar-refractivity contribution in [2.45, 2.75) is 33.4 Å². The molecule has 0 aromatic heterocycles. The van der Waals surface area contributed by atoms with E-state index in [2.05, 4.69) is 35.6 Å². The normalized spacial score (nSPS) is 11.0. The van der Waals surface area contributed by atoms with Gasteiger partial charge in [-0.05, 0) is 43.9 Å². The second kappa shape index (κ2) is 8.33. The highest BCUT2D eigenvalue weighted by Crippen LogP contribution is 2.35.